The molecule has 1 nitrogen and oxygen atoms in total. The Labute approximate surface area is 69.6 Å². The summed E-state index contributed by atoms with van der Waals surface area (Å²) < 4.78 is 0. The molecule has 1 aliphatic heterocycles. The molecule has 0 aromatic rings. The van der Waals surface area contributed by atoms with Crippen LogP contribution in [-0.4, -0.2) is 13.1 Å². The molecule has 2 rings (SSSR count). The second-order valence-corrected chi connectivity index (χ2v) is 4.28. The number of piperidine rings is 1. The van der Waals surface area contributed by atoms with Crippen LogP contribution in [0.4, 0.5) is 0 Å². The van der Waals surface area contributed by atoms with Crippen LogP contribution in [-0.2, 0) is 0 Å². The molecule has 1 saturated carbocycles. The first-order valence-corrected chi connectivity index (χ1v) is 5.08. The van der Waals surface area contributed by atoms with Crippen LogP contribution < -0.4 is 5.32 Å². The maximum Gasteiger partial charge on any atom is -0.00153 e. The number of nitrogens with one attached hydrogen (secondary N) is 1. The molecule has 1 heterocycles. The Morgan fingerprint density at radius 1 is 1.36 bits per heavy atom. The summed E-state index contributed by atoms with van der Waals surface area (Å²) in [5.74, 6) is 0.991. The van der Waals surface area contributed by atoms with Crippen molar-refractivity contribution in [2.45, 2.75) is 39.0 Å². The summed E-state index contributed by atoms with van der Waals surface area (Å²) in [6.45, 7) is 4.91. The number of hydrogen-bond donors (Lipinski definition) is 1. The highest BCUT2D eigenvalue weighted by Gasteiger charge is 2.43. The fourth-order valence-electron chi connectivity index (χ4n) is 2.90. The molecule has 1 heteroatoms. The molecule has 1 unspecified atom stereocenters. The van der Waals surface area contributed by atoms with Crippen LogP contribution in [0.15, 0.2) is 0 Å². The average Bonchev–Trinajstić information content (AvgIpc) is 2.01. The third-order valence-electron chi connectivity index (χ3n) is 3.90. The van der Waals surface area contributed by atoms with Crippen molar-refractivity contribution in [2.24, 2.45) is 11.3 Å². The number of hydrogen-bond acceptors (Lipinski definition) is 1. The molecular formula is C10H19N. The maximum absolute atomic E-state index is 3.51. The van der Waals surface area contributed by atoms with E-state index in [0.717, 1.165) is 11.3 Å². The van der Waals surface area contributed by atoms with Gasteiger partial charge in [0.05, 0.1) is 0 Å². The van der Waals surface area contributed by atoms with E-state index in [2.05, 4.69) is 12.2 Å². The first-order valence-electron chi connectivity index (χ1n) is 5.08. The van der Waals surface area contributed by atoms with Gasteiger partial charge in [0.25, 0.3) is 0 Å². The monoisotopic (exact) mass is 153 g/mol. The standard InChI is InChI=1S/C10H19N/c1-2-9-8-11-7-6-10(9)4-3-5-10/h9,11H,2-8H2,1H3. The highest BCUT2D eigenvalue weighted by Crippen LogP contribution is 2.51. The molecule has 2 aliphatic rings. The molecule has 1 saturated heterocycles. The van der Waals surface area contributed by atoms with Crippen LogP contribution in [0.3, 0.4) is 0 Å². The normalized spacial score (nSPS) is 35.2. The molecule has 11 heavy (non-hydrogen) atoms. The van der Waals surface area contributed by atoms with Gasteiger partial charge in [-0.25, -0.2) is 0 Å². The zero-order valence-electron chi connectivity index (χ0n) is 7.53. The first kappa shape index (κ1) is 7.60. The van der Waals surface area contributed by atoms with E-state index in [0.29, 0.717) is 0 Å². The van der Waals surface area contributed by atoms with Crippen molar-refractivity contribution in [1.29, 1.82) is 0 Å². The van der Waals surface area contributed by atoms with Crippen molar-refractivity contribution >= 4 is 0 Å². The summed E-state index contributed by atoms with van der Waals surface area (Å²) in [6.07, 6.45) is 7.37. The fraction of sp³-hybridized carbons (Fsp3) is 1.00. The molecule has 0 bridgehead atoms. The molecule has 1 aliphatic carbocycles. The minimum atomic E-state index is 0.806. The largest absolute Gasteiger partial charge is 0.316 e. The Bertz CT molecular complexity index is 138. The molecule has 2 fully saturated rings. The third-order valence-corrected chi connectivity index (χ3v) is 3.90. The minimum absolute atomic E-state index is 0.806. The summed E-state index contributed by atoms with van der Waals surface area (Å²) in [5, 5.41) is 3.51. The van der Waals surface area contributed by atoms with Crippen LogP contribution in [0.25, 0.3) is 0 Å². The maximum atomic E-state index is 3.51. The highest BCUT2D eigenvalue weighted by molar-refractivity contribution is 4.96. The van der Waals surface area contributed by atoms with E-state index in [1.165, 1.54) is 45.2 Å². The first-order chi connectivity index (χ1) is 5.37. The lowest BCUT2D eigenvalue weighted by Gasteiger charge is -2.51. The van der Waals surface area contributed by atoms with Gasteiger partial charge >= 0.3 is 0 Å². The Hall–Kier alpha value is -0.0400. The molecule has 0 amide bonds. The van der Waals surface area contributed by atoms with E-state index < -0.39 is 0 Å². The lowest BCUT2D eigenvalue weighted by atomic mass is 9.57. The van der Waals surface area contributed by atoms with Gasteiger partial charge in [0.1, 0.15) is 0 Å². The van der Waals surface area contributed by atoms with Crippen molar-refractivity contribution in [2.75, 3.05) is 13.1 Å². The molecule has 64 valence electrons. The van der Waals surface area contributed by atoms with Crippen LogP contribution >= 0.6 is 0 Å². The summed E-state index contributed by atoms with van der Waals surface area (Å²) in [6, 6.07) is 0. The Balaban J connectivity index is 2.02. The number of rotatable bonds is 1. The molecule has 0 aromatic carbocycles. The highest BCUT2D eigenvalue weighted by atomic mass is 14.9. The lowest BCUT2D eigenvalue weighted by Crippen LogP contribution is -2.48. The Morgan fingerprint density at radius 3 is 2.64 bits per heavy atom. The SMILES string of the molecule is CCC1CNCCC12CCC2. The Kier molecular flexibility index (Phi) is 1.92. The summed E-state index contributed by atoms with van der Waals surface area (Å²) in [7, 11) is 0. The van der Waals surface area contributed by atoms with E-state index in [4.69, 9.17) is 0 Å². The van der Waals surface area contributed by atoms with Crippen molar-refractivity contribution in [3.8, 4) is 0 Å². The fourth-order valence-corrected chi connectivity index (χ4v) is 2.90. The smallest absolute Gasteiger partial charge is 0.00153 e. The van der Waals surface area contributed by atoms with Crippen molar-refractivity contribution in [1.82, 2.24) is 5.32 Å². The van der Waals surface area contributed by atoms with Gasteiger partial charge in [-0.2, -0.15) is 0 Å². The molecular weight excluding hydrogens is 134 g/mol. The third kappa shape index (κ3) is 1.10. The van der Waals surface area contributed by atoms with E-state index in [-0.39, 0.29) is 0 Å². The van der Waals surface area contributed by atoms with Crippen LogP contribution in [0.1, 0.15) is 39.0 Å². The Morgan fingerprint density at radius 2 is 2.18 bits per heavy atom. The van der Waals surface area contributed by atoms with Gasteiger partial charge in [0, 0.05) is 0 Å². The summed E-state index contributed by atoms with van der Waals surface area (Å²) in [5.41, 5.74) is 0.806. The molecule has 1 atom stereocenters. The van der Waals surface area contributed by atoms with E-state index in [1.807, 2.05) is 0 Å². The van der Waals surface area contributed by atoms with Gasteiger partial charge in [-0.05, 0) is 43.7 Å². The van der Waals surface area contributed by atoms with Crippen molar-refractivity contribution in [3.63, 3.8) is 0 Å². The van der Waals surface area contributed by atoms with Crippen molar-refractivity contribution in [3.05, 3.63) is 0 Å². The van der Waals surface area contributed by atoms with E-state index >= 15 is 0 Å². The van der Waals surface area contributed by atoms with Crippen LogP contribution in [0.2, 0.25) is 0 Å². The topological polar surface area (TPSA) is 12.0 Å². The quantitative estimate of drug-likeness (QED) is 0.609. The lowest BCUT2D eigenvalue weighted by molar-refractivity contribution is 0.0153. The van der Waals surface area contributed by atoms with Crippen molar-refractivity contribution < 1.29 is 0 Å². The van der Waals surface area contributed by atoms with E-state index in [1.54, 1.807) is 0 Å². The summed E-state index contributed by atoms with van der Waals surface area (Å²) in [4.78, 5) is 0. The second-order valence-electron chi connectivity index (χ2n) is 4.28. The van der Waals surface area contributed by atoms with Crippen LogP contribution in [0, 0.1) is 11.3 Å². The van der Waals surface area contributed by atoms with Gasteiger partial charge < -0.3 is 5.32 Å². The van der Waals surface area contributed by atoms with Crippen LogP contribution in [0.5, 0.6) is 0 Å². The molecule has 1 spiro atoms. The zero-order valence-corrected chi connectivity index (χ0v) is 7.53. The predicted molar refractivity (Wildman–Crippen MR) is 47.6 cm³/mol. The molecule has 0 radical (unpaired) electrons. The average molecular weight is 153 g/mol. The predicted octanol–water partition coefficient (Wildman–Crippen LogP) is 2.18. The minimum Gasteiger partial charge on any atom is -0.316 e. The van der Waals surface area contributed by atoms with E-state index in [9.17, 15) is 0 Å². The second kappa shape index (κ2) is 2.78. The van der Waals surface area contributed by atoms with Gasteiger partial charge in [-0.1, -0.05) is 19.8 Å². The van der Waals surface area contributed by atoms with Gasteiger partial charge in [-0.3, -0.25) is 0 Å². The van der Waals surface area contributed by atoms with Gasteiger partial charge in [0.2, 0.25) is 0 Å². The zero-order chi connectivity index (χ0) is 7.73. The molecule has 1 N–H and O–H groups in total. The van der Waals surface area contributed by atoms with Gasteiger partial charge in [0.15, 0.2) is 0 Å². The van der Waals surface area contributed by atoms with Gasteiger partial charge in [-0.15, -0.1) is 0 Å². The summed E-state index contributed by atoms with van der Waals surface area (Å²) >= 11 is 0. The molecule has 0 aromatic heterocycles.